The van der Waals surface area contributed by atoms with Crippen molar-refractivity contribution in [1.82, 2.24) is 5.32 Å². The van der Waals surface area contributed by atoms with E-state index in [9.17, 15) is 4.39 Å². The molecule has 1 atom stereocenters. The molecule has 1 aromatic carbocycles. The predicted octanol–water partition coefficient (Wildman–Crippen LogP) is 0.730. The topological polar surface area (TPSA) is 99.0 Å². The lowest BCUT2D eigenvalue weighted by molar-refractivity contribution is 0.0410. The van der Waals surface area contributed by atoms with Crippen LogP contribution in [0.1, 0.15) is 17.2 Å². The molecule has 0 bridgehead atoms. The van der Waals surface area contributed by atoms with Crippen molar-refractivity contribution in [2.24, 2.45) is 0 Å². The van der Waals surface area contributed by atoms with Gasteiger partial charge in [0.15, 0.2) is 0 Å². The molecule has 0 amide bonds. The fourth-order valence-electron chi connectivity index (χ4n) is 1.90. The van der Waals surface area contributed by atoms with Crippen LogP contribution in [0.15, 0.2) is 18.2 Å². The molecule has 0 saturated heterocycles. The molecule has 19 heavy (non-hydrogen) atoms. The van der Waals surface area contributed by atoms with Crippen molar-refractivity contribution in [3.05, 3.63) is 35.1 Å². The van der Waals surface area contributed by atoms with Crippen LogP contribution in [0.2, 0.25) is 0 Å². The van der Waals surface area contributed by atoms with E-state index >= 15 is 0 Å². The van der Waals surface area contributed by atoms with Gasteiger partial charge in [0, 0.05) is 12.1 Å². The minimum atomic E-state index is -4.64. The Morgan fingerprint density at radius 1 is 1.47 bits per heavy atom. The molecule has 0 saturated carbocycles. The van der Waals surface area contributed by atoms with Crippen molar-refractivity contribution in [2.45, 2.75) is 12.5 Å². The maximum atomic E-state index is 13.5. The first-order chi connectivity index (χ1) is 8.83. The van der Waals surface area contributed by atoms with Gasteiger partial charge < -0.3 is 24.7 Å². The minimum absolute atomic E-state index is 0.134. The molecule has 6 nitrogen and oxygen atoms in total. The van der Waals surface area contributed by atoms with E-state index in [2.05, 4.69) is 5.32 Å². The molecule has 1 aliphatic rings. The van der Waals surface area contributed by atoms with Gasteiger partial charge in [-0.3, -0.25) is 0 Å². The summed E-state index contributed by atoms with van der Waals surface area (Å²) < 4.78 is 27.9. The van der Waals surface area contributed by atoms with Gasteiger partial charge in [-0.25, -0.2) is 8.96 Å². The largest absolute Gasteiger partial charge is 0.466 e. The lowest BCUT2D eigenvalue weighted by Crippen LogP contribution is -2.26. The summed E-state index contributed by atoms with van der Waals surface area (Å²) >= 11 is 0. The molecule has 108 valence electrons. The van der Waals surface area contributed by atoms with Crippen molar-refractivity contribution >= 4 is 7.82 Å². The second-order valence-electron chi connectivity index (χ2n) is 3.99. The van der Waals surface area contributed by atoms with E-state index in [0.717, 1.165) is 17.5 Å². The zero-order chi connectivity index (χ0) is 14.5. The van der Waals surface area contributed by atoms with Crippen LogP contribution in [0.4, 0.5) is 4.39 Å². The van der Waals surface area contributed by atoms with Crippen LogP contribution in [-0.4, -0.2) is 34.9 Å². The molecular weight excluding hydrogens is 276 g/mol. The zero-order valence-electron chi connectivity index (χ0n) is 10.4. The molecule has 0 radical (unpaired) electrons. The first kappa shape index (κ1) is 16.2. The van der Waals surface area contributed by atoms with E-state index < -0.39 is 7.82 Å². The van der Waals surface area contributed by atoms with Gasteiger partial charge in [0.2, 0.25) is 0 Å². The van der Waals surface area contributed by atoms with Crippen molar-refractivity contribution in [3.63, 3.8) is 0 Å². The van der Waals surface area contributed by atoms with Gasteiger partial charge in [-0.15, -0.1) is 0 Å². The quantitative estimate of drug-likeness (QED) is 0.600. The van der Waals surface area contributed by atoms with Crippen LogP contribution >= 0.6 is 7.82 Å². The molecule has 1 aromatic rings. The molecule has 4 N–H and O–H groups in total. The monoisotopic (exact) mass is 293 g/mol. The molecule has 0 unspecified atom stereocenters. The smallest absolute Gasteiger partial charge is 0.372 e. The van der Waals surface area contributed by atoms with Crippen LogP contribution in [-0.2, 0) is 15.7 Å². The molecule has 0 fully saturated rings. The fraction of sp³-hybridized carbons (Fsp3) is 0.455. The third-order valence-electron chi connectivity index (χ3n) is 2.55. The summed E-state index contributed by atoms with van der Waals surface area (Å²) in [6, 6.07) is 5.23. The van der Waals surface area contributed by atoms with Crippen molar-refractivity contribution in [1.29, 1.82) is 0 Å². The number of hydrogen-bond donors (Lipinski definition) is 4. The number of phosphoric acid groups is 1. The van der Waals surface area contributed by atoms with Gasteiger partial charge in [0.1, 0.15) is 5.82 Å². The third-order valence-corrected chi connectivity index (χ3v) is 2.55. The Morgan fingerprint density at radius 3 is 2.68 bits per heavy atom. The van der Waals surface area contributed by atoms with E-state index in [-0.39, 0.29) is 11.9 Å². The van der Waals surface area contributed by atoms with Gasteiger partial charge in [-0.2, -0.15) is 0 Å². The average Bonchev–Trinajstić information content (AvgIpc) is 2.27. The molecule has 0 spiro atoms. The number of rotatable bonds is 2. The predicted molar refractivity (Wildman–Crippen MR) is 67.0 cm³/mol. The molecule has 2 rings (SSSR count). The number of fused-ring (bicyclic) bond motifs is 1. The summed E-state index contributed by atoms with van der Waals surface area (Å²) in [5.74, 6) is -0.151. The van der Waals surface area contributed by atoms with Gasteiger partial charge in [-0.1, -0.05) is 12.1 Å². The van der Waals surface area contributed by atoms with Crippen LogP contribution in [0, 0.1) is 5.82 Å². The summed E-state index contributed by atoms with van der Waals surface area (Å²) in [7, 11) is -2.79. The number of ether oxygens (including phenoxy) is 1. The summed E-state index contributed by atoms with van der Waals surface area (Å²) in [5, 5.41) is 3.01. The molecule has 1 aliphatic heterocycles. The Kier molecular flexibility index (Phi) is 6.06. The van der Waals surface area contributed by atoms with Crippen LogP contribution in [0.5, 0.6) is 0 Å². The van der Waals surface area contributed by atoms with Gasteiger partial charge in [0.05, 0.1) is 12.7 Å². The van der Waals surface area contributed by atoms with Crippen LogP contribution in [0.3, 0.4) is 0 Å². The Morgan fingerprint density at radius 2 is 2.11 bits per heavy atom. The van der Waals surface area contributed by atoms with Crippen molar-refractivity contribution < 1.29 is 28.4 Å². The highest BCUT2D eigenvalue weighted by molar-refractivity contribution is 7.45. The van der Waals surface area contributed by atoms with Gasteiger partial charge in [-0.05, 0) is 25.1 Å². The van der Waals surface area contributed by atoms with Crippen molar-refractivity contribution in [2.75, 3.05) is 20.2 Å². The molecular formula is C11H17FNO5P. The zero-order valence-corrected chi connectivity index (χ0v) is 11.3. The third kappa shape index (κ3) is 5.78. The fourth-order valence-corrected chi connectivity index (χ4v) is 1.90. The highest BCUT2D eigenvalue weighted by Gasteiger charge is 2.23. The molecule has 8 heteroatoms. The average molecular weight is 293 g/mol. The van der Waals surface area contributed by atoms with E-state index in [4.69, 9.17) is 24.0 Å². The maximum absolute atomic E-state index is 13.5. The van der Waals surface area contributed by atoms with E-state index in [1.807, 2.05) is 13.1 Å². The van der Waals surface area contributed by atoms with Crippen LogP contribution < -0.4 is 5.32 Å². The Bertz CT molecular complexity index is 456. The summed E-state index contributed by atoms with van der Waals surface area (Å²) in [6.07, 6.45) is 0.678. The first-order valence-corrected chi connectivity index (χ1v) is 7.21. The number of benzene rings is 1. The molecule has 0 aliphatic carbocycles. The summed E-state index contributed by atoms with van der Waals surface area (Å²) in [4.78, 5) is 21.6. The van der Waals surface area contributed by atoms with E-state index in [1.165, 1.54) is 6.07 Å². The van der Waals surface area contributed by atoms with Crippen LogP contribution in [0.25, 0.3) is 0 Å². The highest BCUT2D eigenvalue weighted by Crippen LogP contribution is 2.28. The van der Waals surface area contributed by atoms with Gasteiger partial charge in [0.25, 0.3) is 0 Å². The Labute approximate surface area is 110 Å². The second-order valence-corrected chi connectivity index (χ2v) is 5.02. The lowest BCUT2D eigenvalue weighted by atomic mass is 9.97. The Hall–Kier alpha value is -0.820. The summed E-state index contributed by atoms with van der Waals surface area (Å²) in [5.41, 5.74) is 1.81. The molecule has 0 aromatic heterocycles. The first-order valence-electron chi connectivity index (χ1n) is 5.64. The molecule has 1 heterocycles. The maximum Gasteiger partial charge on any atom is 0.466 e. The summed E-state index contributed by atoms with van der Waals surface area (Å²) in [6.45, 7) is 1.34. The lowest BCUT2D eigenvalue weighted by Gasteiger charge is -2.26. The van der Waals surface area contributed by atoms with E-state index in [1.54, 1.807) is 6.07 Å². The van der Waals surface area contributed by atoms with Crippen molar-refractivity contribution in [3.8, 4) is 0 Å². The number of nitrogens with one attached hydrogen (secondary N) is 1. The standard InChI is InChI=1S/C11H14FNO.H3O4P/c1-13-7-10-11-8(5-6-14-10)3-2-4-9(11)12;1-5(2,3)4/h2-4,10,13H,5-7H2,1H3;(H3,1,2,3,4)/t10-;/m0./s1. The number of hydrogen-bond acceptors (Lipinski definition) is 3. The van der Waals surface area contributed by atoms with Gasteiger partial charge >= 0.3 is 7.82 Å². The minimum Gasteiger partial charge on any atom is -0.372 e. The van der Waals surface area contributed by atoms with E-state index in [0.29, 0.717) is 13.2 Å². The Balaban J connectivity index is 0.000000312. The second kappa shape index (κ2) is 7.09. The SMILES string of the molecule is CNC[C@@H]1OCCc2cccc(F)c21.O=P(O)(O)O. The normalized spacial score (nSPS) is 18.3. The highest BCUT2D eigenvalue weighted by atomic mass is 31.2. The number of halogens is 1. The number of likely N-dealkylation sites (N-methyl/N-ethyl adjacent to an activating group) is 1.